The van der Waals surface area contributed by atoms with Gasteiger partial charge in [0.25, 0.3) is 0 Å². The van der Waals surface area contributed by atoms with Crippen LogP contribution in [0.5, 0.6) is 0 Å². The number of ether oxygens (including phenoxy) is 1. The minimum atomic E-state index is -0.339. The highest BCUT2D eigenvalue weighted by Crippen LogP contribution is 2.26. The lowest BCUT2D eigenvalue weighted by molar-refractivity contribution is -0.137. The molecular weight excluding hydrogens is 333 g/mol. The molecule has 26 heavy (non-hydrogen) atoms. The number of nitriles is 1. The summed E-state index contributed by atoms with van der Waals surface area (Å²) >= 11 is 0. The predicted molar refractivity (Wildman–Crippen MR) is 95.6 cm³/mol. The molecule has 1 aromatic rings. The summed E-state index contributed by atoms with van der Waals surface area (Å²) in [6.07, 6.45) is 5.76. The Morgan fingerprint density at radius 1 is 1.35 bits per heavy atom. The van der Waals surface area contributed by atoms with Gasteiger partial charge in [0.15, 0.2) is 0 Å². The van der Waals surface area contributed by atoms with E-state index in [0.29, 0.717) is 50.5 Å². The number of rotatable bonds is 6. The minimum absolute atomic E-state index is 0.138. The first-order valence-electron chi connectivity index (χ1n) is 9.10. The van der Waals surface area contributed by atoms with Crippen molar-refractivity contribution in [1.29, 1.82) is 5.26 Å². The van der Waals surface area contributed by atoms with Gasteiger partial charge >= 0.3 is 0 Å². The Bertz CT molecular complexity index is 699. The molecule has 0 bridgehead atoms. The van der Waals surface area contributed by atoms with Crippen molar-refractivity contribution in [3.63, 3.8) is 0 Å². The van der Waals surface area contributed by atoms with Crippen molar-refractivity contribution in [2.45, 2.75) is 19.4 Å². The van der Waals surface area contributed by atoms with Gasteiger partial charge in [-0.25, -0.2) is 4.39 Å². The van der Waals surface area contributed by atoms with Gasteiger partial charge in [0, 0.05) is 45.0 Å². The Morgan fingerprint density at radius 2 is 2.08 bits per heavy atom. The maximum absolute atomic E-state index is 13.9. The van der Waals surface area contributed by atoms with E-state index in [-0.39, 0.29) is 23.6 Å². The van der Waals surface area contributed by atoms with Crippen LogP contribution in [0.4, 0.5) is 4.39 Å². The molecule has 6 heteroatoms. The van der Waals surface area contributed by atoms with Crippen LogP contribution in [-0.4, -0.2) is 43.7 Å². The van der Waals surface area contributed by atoms with Gasteiger partial charge < -0.3 is 15.0 Å². The summed E-state index contributed by atoms with van der Waals surface area (Å²) in [5.74, 6) is -0.0458. The van der Waals surface area contributed by atoms with Crippen LogP contribution in [0, 0.1) is 29.0 Å². The fourth-order valence-corrected chi connectivity index (χ4v) is 3.61. The molecule has 1 amide bonds. The zero-order chi connectivity index (χ0) is 18.4. The number of hydrogen-bond acceptors (Lipinski definition) is 4. The number of carbonyl (C=O) groups is 1. The van der Waals surface area contributed by atoms with E-state index in [1.165, 1.54) is 12.1 Å². The zero-order valence-corrected chi connectivity index (χ0v) is 14.8. The van der Waals surface area contributed by atoms with Crippen LogP contribution in [0.3, 0.4) is 0 Å². The minimum Gasteiger partial charge on any atom is -0.381 e. The quantitative estimate of drug-likeness (QED) is 0.793. The molecule has 0 saturated carbocycles. The highest BCUT2D eigenvalue weighted by atomic mass is 19.1. The molecule has 2 aliphatic heterocycles. The summed E-state index contributed by atoms with van der Waals surface area (Å²) in [5.41, 5.74) is 0.883. The second kappa shape index (κ2) is 8.93. The summed E-state index contributed by atoms with van der Waals surface area (Å²) in [6, 6.07) is 6.36. The molecule has 0 aliphatic carbocycles. The average molecular weight is 357 g/mol. The molecule has 0 aromatic heterocycles. The van der Waals surface area contributed by atoms with E-state index in [4.69, 9.17) is 10.00 Å². The van der Waals surface area contributed by atoms with Crippen LogP contribution in [0.1, 0.15) is 24.0 Å². The molecule has 3 rings (SSSR count). The third-order valence-electron chi connectivity index (χ3n) is 5.14. The van der Waals surface area contributed by atoms with E-state index in [9.17, 15) is 9.18 Å². The number of nitrogens with one attached hydrogen (secondary N) is 1. The smallest absolute Gasteiger partial charge is 0.227 e. The maximum atomic E-state index is 13.9. The Hall–Kier alpha value is -2.23. The molecule has 0 radical (unpaired) electrons. The molecule has 138 valence electrons. The molecule has 2 aliphatic rings. The summed E-state index contributed by atoms with van der Waals surface area (Å²) in [4.78, 5) is 14.8. The highest BCUT2D eigenvalue weighted by molar-refractivity contribution is 5.80. The lowest BCUT2D eigenvalue weighted by atomic mass is 9.84. The molecule has 5 nitrogen and oxygen atoms in total. The van der Waals surface area contributed by atoms with E-state index in [1.807, 2.05) is 23.1 Å². The van der Waals surface area contributed by atoms with Crippen molar-refractivity contribution in [3.05, 3.63) is 47.3 Å². The van der Waals surface area contributed by atoms with Gasteiger partial charge in [0.1, 0.15) is 5.82 Å². The third-order valence-corrected chi connectivity index (χ3v) is 5.14. The first-order chi connectivity index (χ1) is 12.7. The zero-order valence-electron chi connectivity index (χ0n) is 14.8. The van der Waals surface area contributed by atoms with Crippen molar-refractivity contribution in [3.8, 4) is 6.07 Å². The van der Waals surface area contributed by atoms with Crippen molar-refractivity contribution in [2.24, 2.45) is 11.8 Å². The SMILES string of the molecule is N#Cc1ccc(F)c(CNCC(C(=O)N2CC=CC2)C2CCOCC2)c1. The highest BCUT2D eigenvalue weighted by Gasteiger charge is 2.32. The van der Waals surface area contributed by atoms with Gasteiger partial charge in [-0.3, -0.25) is 4.79 Å². The Morgan fingerprint density at radius 3 is 2.77 bits per heavy atom. The topological polar surface area (TPSA) is 65.4 Å². The normalized spacial score (nSPS) is 18.7. The maximum Gasteiger partial charge on any atom is 0.227 e. The van der Waals surface area contributed by atoms with Crippen LogP contribution < -0.4 is 5.32 Å². The summed E-state index contributed by atoms with van der Waals surface area (Å²) in [6.45, 7) is 3.49. The number of nitrogens with zero attached hydrogens (tertiary/aromatic N) is 2. The van der Waals surface area contributed by atoms with Gasteiger partial charge in [-0.1, -0.05) is 12.2 Å². The Kier molecular flexibility index (Phi) is 6.37. The van der Waals surface area contributed by atoms with E-state index in [2.05, 4.69) is 5.32 Å². The van der Waals surface area contributed by atoms with Crippen molar-refractivity contribution in [1.82, 2.24) is 10.2 Å². The molecule has 1 aromatic carbocycles. The molecule has 1 atom stereocenters. The fraction of sp³-hybridized carbons (Fsp3) is 0.500. The molecule has 1 unspecified atom stereocenters. The first-order valence-corrected chi connectivity index (χ1v) is 9.10. The van der Waals surface area contributed by atoms with Crippen LogP contribution >= 0.6 is 0 Å². The molecule has 1 fully saturated rings. The first kappa shape index (κ1) is 18.6. The largest absolute Gasteiger partial charge is 0.381 e. The van der Waals surface area contributed by atoms with E-state index in [1.54, 1.807) is 6.07 Å². The van der Waals surface area contributed by atoms with Gasteiger partial charge in [-0.2, -0.15) is 5.26 Å². The lowest BCUT2D eigenvalue weighted by Crippen LogP contribution is -2.44. The van der Waals surface area contributed by atoms with Gasteiger partial charge in [-0.15, -0.1) is 0 Å². The third kappa shape index (κ3) is 4.48. The van der Waals surface area contributed by atoms with Crippen LogP contribution in [-0.2, 0) is 16.1 Å². The lowest BCUT2D eigenvalue weighted by Gasteiger charge is -2.32. The van der Waals surface area contributed by atoms with Crippen molar-refractivity contribution >= 4 is 5.91 Å². The monoisotopic (exact) mass is 357 g/mol. The number of benzene rings is 1. The molecule has 1 N–H and O–H groups in total. The standard InChI is InChI=1S/C20H24FN3O2/c21-19-4-3-15(12-22)11-17(19)13-23-14-18(16-5-9-26-10-6-16)20(25)24-7-1-2-8-24/h1-4,11,16,18,23H,5-10,13-14H2. The summed E-state index contributed by atoms with van der Waals surface area (Å²) in [5, 5.41) is 12.2. The molecule has 0 spiro atoms. The fourth-order valence-electron chi connectivity index (χ4n) is 3.61. The van der Waals surface area contributed by atoms with Crippen molar-refractivity contribution < 1.29 is 13.9 Å². The van der Waals surface area contributed by atoms with E-state index >= 15 is 0 Å². The van der Waals surface area contributed by atoms with Crippen LogP contribution in [0.15, 0.2) is 30.4 Å². The van der Waals surface area contributed by atoms with Crippen LogP contribution in [0.2, 0.25) is 0 Å². The van der Waals surface area contributed by atoms with E-state index in [0.717, 1.165) is 12.8 Å². The summed E-state index contributed by atoms with van der Waals surface area (Å²) < 4.78 is 19.4. The summed E-state index contributed by atoms with van der Waals surface area (Å²) in [7, 11) is 0. The van der Waals surface area contributed by atoms with E-state index < -0.39 is 0 Å². The molecule has 2 heterocycles. The Labute approximate surface area is 153 Å². The van der Waals surface area contributed by atoms with Gasteiger partial charge in [0.05, 0.1) is 17.6 Å². The Balaban J connectivity index is 1.63. The van der Waals surface area contributed by atoms with Gasteiger partial charge in [-0.05, 0) is 37.0 Å². The van der Waals surface area contributed by atoms with Crippen LogP contribution in [0.25, 0.3) is 0 Å². The second-order valence-corrected chi connectivity index (χ2v) is 6.82. The average Bonchev–Trinajstić information content (AvgIpc) is 3.21. The van der Waals surface area contributed by atoms with Gasteiger partial charge in [0.2, 0.25) is 5.91 Å². The molecular formula is C20H24FN3O2. The number of halogens is 1. The molecule has 1 saturated heterocycles. The predicted octanol–water partition coefficient (Wildman–Crippen LogP) is 2.23. The number of hydrogen-bond donors (Lipinski definition) is 1. The van der Waals surface area contributed by atoms with Crippen molar-refractivity contribution in [2.75, 3.05) is 32.8 Å². The number of carbonyl (C=O) groups excluding carboxylic acids is 1. The number of amides is 1. The second-order valence-electron chi connectivity index (χ2n) is 6.82.